The smallest absolute Gasteiger partial charge is 0.164 e. The molecule has 0 unspecified atom stereocenters. The van der Waals surface area contributed by atoms with Gasteiger partial charge in [0.05, 0.1) is 6.61 Å². The molecule has 2 rings (SSSR count). The lowest BCUT2D eigenvalue weighted by molar-refractivity contribution is 0.187. The fourth-order valence-corrected chi connectivity index (χ4v) is 1.94. The standard InChI is InChI=1S/C13H18N4O/c1-9-6-11(14)7-12(10(9)2)13-16-15-8-17(13)4-5-18-3/h6-8H,4-5,14H2,1-3H3. The number of hydrogen-bond acceptors (Lipinski definition) is 4. The number of nitrogens with two attached hydrogens (primary N) is 1. The van der Waals surface area contributed by atoms with Crippen molar-refractivity contribution in [3.63, 3.8) is 0 Å². The van der Waals surface area contributed by atoms with Crippen LogP contribution in [0.1, 0.15) is 11.1 Å². The molecule has 1 aromatic heterocycles. The summed E-state index contributed by atoms with van der Waals surface area (Å²) in [6, 6.07) is 3.91. The highest BCUT2D eigenvalue weighted by Crippen LogP contribution is 2.26. The zero-order valence-electron chi connectivity index (χ0n) is 11.0. The molecule has 1 aromatic carbocycles. The molecule has 0 fully saturated rings. The number of hydrogen-bond donors (Lipinski definition) is 1. The maximum Gasteiger partial charge on any atom is 0.164 e. The molecule has 2 N–H and O–H groups in total. The minimum Gasteiger partial charge on any atom is -0.399 e. The Bertz CT molecular complexity index is 548. The molecule has 0 radical (unpaired) electrons. The third-order valence-corrected chi connectivity index (χ3v) is 3.08. The fraction of sp³-hybridized carbons (Fsp3) is 0.385. The molecule has 5 nitrogen and oxygen atoms in total. The summed E-state index contributed by atoms with van der Waals surface area (Å²) in [7, 11) is 1.68. The Morgan fingerprint density at radius 3 is 2.83 bits per heavy atom. The van der Waals surface area contributed by atoms with E-state index in [2.05, 4.69) is 17.1 Å². The van der Waals surface area contributed by atoms with E-state index in [4.69, 9.17) is 10.5 Å². The van der Waals surface area contributed by atoms with Crippen LogP contribution in [-0.4, -0.2) is 28.5 Å². The van der Waals surface area contributed by atoms with Crippen molar-refractivity contribution in [2.75, 3.05) is 19.5 Å². The SMILES string of the molecule is COCCn1cnnc1-c1cc(N)cc(C)c1C. The molecular formula is C13H18N4O. The van der Waals surface area contributed by atoms with Crippen molar-refractivity contribution in [2.45, 2.75) is 20.4 Å². The van der Waals surface area contributed by atoms with E-state index < -0.39 is 0 Å². The minimum atomic E-state index is 0.630. The van der Waals surface area contributed by atoms with Gasteiger partial charge < -0.3 is 15.0 Å². The summed E-state index contributed by atoms with van der Waals surface area (Å²) < 4.78 is 7.06. The molecule has 0 aliphatic heterocycles. The van der Waals surface area contributed by atoms with E-state index in [0.29, 0.717) is 6.61 Å². The maximum absolute atomic E-state index is 5.90. The first-order valence-corrected chi connectivity index (χ1v) is 5.87. The molecule has 0 amide bonds. The largest absolute Gasteiger partial charge is 0.399 e. The van der Waals surface area contributed by atoms with Crippen molar-refractivity contribution in [2.24, 2.45) is 0 Å². The molecule has 1 heterocycles. The zero-order valence-corrected chi connectivity index (χ0v) is 11.0. The highest BCUT2D eigenvalue weighted by molar-refractivity contribution is 5.67. The van der Waals surface area contributed by atoms with E-state index in [1.54, 1.807) is 13.4 Å². The van der Waals surface area contributed by atoms with Crippen LogP contribution in [0.2, 0.25) is 0 Å². The predicted octanol–water partition coefficient (Wildman–Crippen LogP) is 1.79. The van der Waals surface area contributed by atoms with Crippen molar-refractivity contribution in [1.29, 1.82) is 0 Å². The summed E-state index contributed by atoms with van der Waals surface area (Å²) >= 11 is 0. The van der Waals surface area contributed by atoms with Gasteiger partial charge >= 0.3 is 0 Å². The molecule has 0 atom stereocenters. The van der Waals surface area contributed by atoms with Gasteiger partial charge in [-0.1, -0.05) is 0 Å². The normalized spacial score (nSPS) is 10.8. The van der Waals surface area contributed by atoms with Crippen LogP contribution in [0.4, 0.5) is 5.69 Å². The number of rotatable bonds is 4. The van der Waals surface area contributed by atoms with E-state index in [1.165, 1.54) is 5.56 Å². The van der Waals surface area contributed by atoms with Crippen LogP contribution >= 0.6 is 0 Å². The van der Waals surface area contributed by atoms with Crippen LogP contribution in [-0.2, 0) is 11.3 Å². The van der Waals surface area contributed by atoms with E-state index in [1.807, 2.05) is 23.6 Å². The quantitative estimate of drug-likeness (QED) is 0.835. The number of methoxy groups -OCH3 is 1. The van der Waals surface area contributed by atoms with Gasteiger partial charge in [-0.3, -0.25) is 0 Å². The summed E-state index contributed by atoms with van der Waals surface area (Å²) in [5.74, 6) is 0.833. The summed E-state index contributed by atoms with van der Waals surface area (Å²) in [6.07, 6.45) is 1.71. The lowest BCUT2D eigenvalue weighted by Crippen LogP contribution is -2.06. The first kappa shape index (κ1) is 12.6. The van der Waals surface area contributed by atoms with E-state index in [9.17, 15) is 0 Å². The Morgan fingerprint density at radius 1 is 1.33 bits per heavy atom. The summed E-state index contributed by atoms with van der Waals surface area (Å²) in [5, 5.41) is 8.15. The Balaban J connectivity index is 2.45. The second-order valence-electron chi connectivity index (χ2n) is 4.35. The average molecular weight is 246 g/mol. The molecule has 0 aliphatic rings. The van der Waals surface area contributed by atoms with Gasteiger partial charge in [0.15, 0.2) is 5.82 Å². The van der Waals surface area contributed by atoms with Gasteiger partial charge in [0.2, 0.25) is 0 Å². The van der Waals surface area contributed by atoms with Crippen LogP contribution in [0, 0.1) is 13.8 Å². The van der Waals surface area contributed by atoms with Gasteiger partial charge in [-0.2, -0.15) is 0 Å². The lowest BCUT2D eigenvalue weighted by Gasteiger charge is -2.11. The van der Waals surface area contributed by atoms with Gasteiger partial charge in [-0.25, -0.2) is 0 Å². The third-order valence-electron chi connectivity index (χ3n) is 3.08. The molecule has 0 aliphatic carbocycles. The first-order chi connectivity index (χ1) is 8.63. The summed E-state index contributed by atoms with van der Waals surface area (Å²) in [6.45, 7) is 5.47. The topological polar surface area (TPSA) is 66.0 Å². The Labute approximate surface area is 107 Å². The van der Waals surface area contributed by atoms with Crippen LogP contribution in [0.15, 0.2) is 18.5 Å². The average Bonchev–Trinajstić information content (AvgIpc) is 2.79. The summed E-state index contributed by atoms with van der Waals surface area (Å²) in [5.41, 5.74) is 10.0. The lowest BCUT2D eigenvalue weighted by atomic mass is 10.0. The monoisotopic (exact) mass is 246 g/mol. The van der Waals surface area contributed by atoms with E-state index in [0.717, 1.165) is 29.2 Å². The van der Waals surface area contributed by atoms with Crippen molar-refractivity contribution in [1.82, 2.24) is 14.8 Å². The number of ether oxygens (including phenoxy) is 1. The van der Waals surface area contributed by atoms with Gasteiger partial charge in [0.1, 0.15) is 6.33 Å². The third kappa shape index (κ3) is 2.36. The molecule has 0 bridgehead atoms. The molecule has 96 valence electrons. The number of anilines is 1. The van der Waals surface area contributed by atoms with Crippen molar-refractivity contribution < 1.29 is 4.74 Å². The van der Waals surface area contributed by atoms with Gasteiger partial charge in [0, 0.05) is 24.9 Å². The van der Waals surface area contributed by atoms with E-state index in [-0.39, 0.29) is 0 Å². The first-order valence-electron chi connectivity index (χ1n) is 5.87. The Kier molecular flexibility index (Phi) is 3.62. The van der Waals surface area contributed by atoms with Crippen molar-refractivity contribution in [3.05, 3.63) is 29.6 Å². The number of nitrogens with zero attached hydrogens (tertiary/aromatic N) is 3. The van der Waals surface area contributed by atoms with E-state index >= 15 is 0 Å². The van der Waals surface area contributed by atoms with Crippen LogP contribution < -0.4 is 5.73 Å². The second kappa shape index (κ2) is 5.18. The minimum absolute atomic E-state index is 0.630. The van der Waals surface area contributed by atoms with Gasteiger partial charge in [-0.05, 0) is 37.1 Å². The highest BCUT2D eigenvalue weighted by atomic mass is 16.5. The number of aryl methyl sites for hydroxylation is 1. The van der Waals surface area contributed by atoms with Gasteiger partial charge in [0.25, 0.3) is 0 Å². The number of aromatic nitrogens is 3. The van der Waals surface area contributed by atoms with Crippen LogP contribution in [0.5, 0.6) is 0 Å². The predicted molar refractivity (Wildman–Crippen MR) is 71.2 cm³/mol. The zero-order chi connectivity index (χ0) is 13.1. The highest BCUT2D eigenvalue weighted by Gasteiger charge is 2.12. The number of benzene rings is 1. The number of nitrogen functional groups attached to an aromatic ring is 1. The molecule has 5 heteroatoms. The van der Waals surface area contributed by atoms with Crippen molar-refractivity contribution in [3.8, 4) is 11.4 Å². The molecule has 18 heavy (non-hydrogen) atoms. The molecule has 0 spiro atoms. The maximum atomic E-state index is 5.90. The molecular weight excluding hydrogens is 228 g/mol. The molecule has 2 aromatic rings. The Hall–Kier alpha value is -1.88. The van der Waals surface area contributed by atoms with Gasteiger partial charge in [-0.15, -0.1) is 10.2 Å². The van der Waals surface area contributed by atoms with Crippen molar-refractivity contribution >= 4 is 5.69 Å². The second-order valence-corrected chi connectivity index (χ2v) is 4.35. The molecule has 0 saturated carbocycles. The molecule has 0 saturated heterocycles. The van der Waals surface area contributed by atoms with Crippen LogP contribution in [0.25, 0.3) is 11.4 Å². The van der Waals surface area contributed by atoms with Crippen LogP contribution in [0.3, 0.4) is 0 Å². The summed E-state index contributed by atoms with van der Waals surface area (Å²) in [4.78, 5) is 0. The Morgan fingerprint density at radius 2 is 2.11 bits per heavy atom. The fourth-order valence-electron chi connectivity index (χ4n) is 1.94.